The van der Waals surface area contributed by atoms with Crippen molar-refractivity contribution >= 4 is 19.1 Å². The predicted molar refractivity (Wildman–Crippen MR) is 89.3 cm³/mol. The lowest BCUT2D eigenvalue weighted by Gasteiger charge is -2.27. The second kappa shape index (κ2) is 7.51. The zero-order valence-corrected chi connectivity index (χ0v) is 14.8. The molecule has 0 amide bonds. The van der Waals surface area contributed by atoms with Gasteiger partial charge in [0.1, 0.15) is 5.82 Å². The molecule has 0 aromatic heterocycles. The van der Waals surface area contributed by atoms with Gasteiger partial charge in [-0.25, -0.2) is 8.78 Å². The largest absolute Gasteiger partial charge is 0.612 e. The van der Waals surface area contributed by atoms with Crippen LogP contribution in [0.3, 0.4) is 0 Å². The molecule has 1 heterocycles. The maximum absolute atomic E-state index is 13.7. The first-order valence-corrected chi connectivity index (χ1v) is 8.04. The zero-order valence-electron chi connectivity index (χ0n) is 14.8. The van der Waals surface area contributed by atoms with E-state index in [-0.39, 0.29) is 24.1 Å². The molecule has 25 heavy (non-hydrogen) atoms. The number of nitrogens with zero attached hydrogens (tertiary/aromatic N) is 1. The summed E-state index contributed by atoms with van der Waals surface area (Å²) in [6.07, 6.45) is -2.86. The fraction of sp³-hybridized carbons (Fsp3) is 0.529. The van der Waals surface area contributed by atoms with Crippen molar-refractivity contribution in [3.05, 3.63) is 35.4 Å². The third kappa shape index (κ3) is 5.01. The molecule has 1 unspecified atom stereocenters. The number of carbonyl (C=O) groups is 2. The first kappa shape index (κ1) is 19.4. The predicted octanol–water partition coefficient (Wildman–Crippen LogP) is 2.39. The van der Waals surface area contributed by atoms with Crippen LogP contribution in [0.1, 0.15) is 37.7 Å². The Kier molecular flexibility index (Phi) is 5.82. The number of rotatable bonds is 3. The van der Waals surface area contributed by atoms with Gasteiger partial charge in [0, 0.05) is 0 Å². The van der Waals surface area contributed by atoms with E-state index >= 15 is 0 Å². The second-order valence-electron chi connectivity index (χ2n) is 7.25. The molecule has 1 fully saturated rings. The number of hydrogen-bond donors (Lipinski definition) is 0. The maximum atomic E-state index is 13.7. The Morgan fingerprint density at radius 1 is 1.04 bits per heavy atom. The summed E-state index contributed by atoms with van der Waals surface area (Å²) in [5.41, 5.74) is 1.11. The molecule has 1 saturated heterocycles. The molecule has 136 valence electrons. The van der Waals surface area contributed by atoms with Crippen molar-refractivity contribution in [1.29, 1.82) is 0 Å². The standard InChI is InChI=1S/C17H22BF2NO4/c1-17(2,3)12-7-5-11(6-8-12)15(16(19)20)18-24-13(22)9-21(4)10-14(23)25-18/h5-8,15-16H,9-10H2,1-4H3. The summed E-state index contributed by atoms with van der Waals surface area (Å²) < 4.78 is 37.4. The third-order valence-corrected chi connectivity index (χ3v) is 4.02. The van der Waals surface area contributed by atoms with Crippen molar-refractivity contribution in [1.82, 2.24) is 4.90 Å². The van der Waals surface area contributed by atoms with Crippen molar-refractivity contribution in [2.24, 2.45) is 0 Å². The fourth-order valence-corrected chi connectivity index (χ4v) is 2.63. The van der Waals surface area contributed by atoms with Gasteiger partial charge in [-0.2, -0.15) is 0 Å². The molecule has 2 rings (SSSR count). The Labute approximate surface area is 146 Å². The van der Waals surface area contributed by atoms with Gasteiger partial charge in [0.25, 0.3) is 0 Å². The minimum absolute atomic E-state index is 0.122. The molecular weight excluding hydrogens is 331 g/mol. The molecule has 5 nitrogen and oxygen atoms in total. The molecule has 0 radical (unpaired) electrons. The van der Waals surface area contributed by atoms with Gasteiger partial charge in [-0.1, -0.05) is 45.0 Å². The molecular formula is C17H22BF2NO4. The molecule has 1 aromatic rings. The normalized spacial score (nSPS) is 18.4. The smallest absolute Gasteiger partial charge is 0.498 e. The van der Waals surface area contributed by atoms with Gasteiger partial charge in [0.15, 0.2) is 0 Å². The van der Waals surface area contributed by atoms with E-state index in [1.54, 1.807) is 31.3 Å². The van der Waals surface area contributed by atoms with Gasteiger partial charge in [-0.3, -0.25) is 14.5 Å². The van der Waals surface area contributed by atoms with Crippen molar-refractivity contribution in [3.63, 3.8) is 0 Å². The Morgan fingerprint density at radius 2 is 1.52 bits per heavy atom. The van der Waals surface area contributed by atoms with E-state index in [9.17, 15) is 18.4 Å². The molecule has 1 aromatic carbocycles. The summed E-state index contributed by atoms with van der Waals surface area (Å²) in [7, 11) is -0.104. The Balaban J connectivity index is 2.30. The minimum atomic E-state index is -2.86. The van der Waals surface area contributed by atoms with E-state index < -0.39 is 31.3 Å². The van der Waals surface area contributed by atoms with Gasteiger partial charge < -0.3 is 9.31 Å². The van der Waals surface area contributed by atoms with Crippen LogP contribution in [0.5, 0.6) is 0 Å². The van der Waals surface area contributed by atoms with Crippen LogP contribution >= 0.6 is 0 Å². The topological polar surface area (TPSA) is 55.8 Å². The number of benzene rings is 1. The Hall–Kier alpha value is -1.96. The fourth-order valence-electron chi connectivity index (χ4n) is 2.63. The first-order valence-electron chi connectivity index (χ1n) is 8.04. The van der Waals surface area contributed by atoms with Gasteiger partial charge in [-0.05, 0) is 23.6 Å². The van der Waals surface area contributed by atoms with Crippen LogP contribution in [0.15, 0.2) is 24.3 Å². The lowest BCUT2D eigenvalue weighted by molar-refractivity contribution is -0.146. The highest BCUT2D eigenvalue weighted by Crippen LogP contribution is 2.30. The summed E-state index contributed by atoms with van der Waals surface area (Å²) in [5, 5.41) is 0. The maximum Gasteiger partial charge on any atom is 0.612 e. The minimum Gasteiger partial charge on any atom is -0.498 e. The number of carbonyl (C=O) groups excluding carboxylic acids is 2. The third-order valence-electron chi connectivity index (χ3n) is 4.02. The molecule has 0 N–H and O–H groups in total. The highest BCUT2D eigenvalue weighted by molar-refractivity contribution is 6.51. The summed E-state index contributed by atoms with van der Waals surface area (Å²) in [6, 6.07) is 6.63. The molecule has 0 saturated carbocycles. The van der Waals surface area contributed by atoms with E-state index in [1.165, 1.54) is 4.90 Å². The van der Waals surface area contributed by atoms with E-state index in [0.717, 1.165) is 5.56 Å². The monoisotopic (exact) mass is 353 g/mol. The number of hydrogen-bond acceptors (Lipinski definition) is 5. The van der Waals surface area contributed by atoms with Gasteiger partial charge in [0.05, 0.1) is 13.1 Å². The van der Waals surface area contributed by atoms with Crippen molar-refractivity contribution < 1.29 is 27.7 Å². The average Bonchev–Trinajstić information content (AvgIpc) is 2.44. The van der Waals surface area contributed by atoms with Crippen LogP contribution in [-0.2, 0) is 24.3 Å². The summed E-state index contributed by atoms with van der Waals surface area (Å²) in [6.45, 7) is 5.72. The first-order chi connectivity index (χ1) is 11.6. The van der Waals surface area contributed by atoms with Crippen molar-refractivity contribution in [3.8, 4) is 0 Å². The highest BCUT2D eigenvalue weighted by atomic mass is 19.3. The summed E-state index contributed by atoms with van der Waals surface area (Å²) >= 11 is 0. The molecule has 0 spiro atoms. The van der Waals surface area contributed by atoms with Crippen molar-refractivity contribution in [2.75, 3.05) is 20.1 Å². The van der Waals surface area contributed by atoms with Crippen LogP contribution in [0, 0.1) is 0 Å². The van der Waals surface area contributed by atoms with E-state index in [2.05, 4.69) is 0 Å². The number of halogens is 2. The summed E-state index contributed by atoms with van der Waals surface area (Å²) in [5.74, 6) is -2.96. The van der Waals surface area contributed by atoms with Crippen LogP contribution in [0.25, 0.3) is 0 Å². The Bertz CT molecular complexity index is 611. The highest BCUT2D eigenvalue weighted by Gasteiger charge is 2.45. The molecule has 1 aliphatic heterocycles. The Morgan fingerprint density at radius 3 is 1.92 bits per heavy atom. The quantitative estimate of drug-likeness (QED) is 0.781. The van der Waals surface area contributed by atoms with Gasteiger partial charge >= 0.3 is 19.1 Å². The van der Waals surface area contributed by atoms with E-state index in [0.29, 0.717) is 0 Å². The van der Waals surface area contributed by atoms with Crippen LogP contribution < -0.4 is 0 Å². The molecule has 0 aliphatic carbocycles. The summed E-state index contributed by atoms with van der Waals surface area (Å²) in [4.78, 5) is 25.0. The average molecular weight is 353 g/mol. The van der Waals surface area contributed by atoms with Crippen molar-refractivity contribution in [2.45, 2.75) is 38.4 Å². The van der Waals surface area contributed by atoms with Crippen LogP contribution in [-0.4, -0.2) is 50.5 Å². The second-order valence-corrected chi connectivity index (χ2v) is 7.25. The molecule has 1 aliphatic rings. The van der Waals surface area contributed by atoms with E-state index in [1.807, 2.05) is 20.8 Å². The van der Waals surface area contributed by atoms with Crippen LogP contribution in [0.4, 0.5) is 8.78 Å². The molecule has 8 heteroatoms. The van der Waals surface area contributed by atoms with Crippen LogP contribution in [0.2, 0.25) is 0 Å². The number of likely N-dealkylation sites (N-methyl/N-ethyl adjacent to an activating group) is 1. The van der Waals surface area contributed by atoms with Gasteiger partial charge in [0.2, 0.25) is 6.43 Å². The zero-order chi connectivity index (χ0) is 18.8. The van der Waals surface area contributed by atoms with E-state index in [4.69, 9.17) is 9.31 Å². The SMILES string of the molecule is CN1CC(=O)OB(C(c2ccc(C(C)(C)C)cc2)C(F)F)OC(=O)C1. The lowest BCUT2D eigenvalue weighted by Crippen LogP contribution is -2.46. The molecule has 1 atom stereocenters. The molecule has 0 bridgehead atoms. The number of alkyl halides is 2. The lowest BCUT2D eigenvalue weighted by atomic mass is 9.67. The van der Waals surface area contributed by atoms with Gasteiger partial charge in [-0.15, -0.1) is 0 Å².